The molecule has 0 heterocycles. The molecule has 0 saturated heterocycles. The second-order valence-corrected chi connectivity index (χ2v) is 6.53. The van der Waals surface area contributed by atoms with Crippen LogP contribution in [0, 0.1) is 5.92 Å². The number of hydrazone groups is 1. The molecule has 0 aromatic heterocycles. The lowest BCUT2D eigenvalue weighted by Crippen LogP contribution is -2.18. The van der Waals surface area contributed by atoms with Gasteiger partial charge in [0.15, 0.2) is 0 Å². The van der Waals surface area contributed by atoms with Crippen LogP contribution in [0.15, 0.2) is 53.6 Å². The molecule has 2 aromatic carbocycles. The maximum absolute atomic E-state index is 12.1. The van der Waals surface area contributed by atoms with E-state index in [1.165, 1.54) is 0 Å². The zero-order chi connectivity index (χ0) is 18.5. The Morgan fingerprint density at radius 2 is 1.69 bits per heavy atom. The van der Waals surface area contributed by atoms with Crippen LogP contribution in [-0.4, -0.2) is 32.1 Å². The summed E-state index contributed by atoms with van der Waals surface area (Å²) >= 11 is 0. The molecule has 1 aliphatic rings. The van der Waals surface area contributed by atoms with Crippen molar-refractivity contribution in [3.05, 3.63) is 59.7 Å². The summed E-state index contributed by atoms with van der Waals surface area (Å²) in [6.07, 6.45) is 3.52. The SMILES string of the molecule is CN(C)c1ccc(/C=N/NC(=O)c2ccc(NC(=O)C3CC3)cc2)cc1. The van der Waals surface area contributed by atoms with Crippen molar-refractivity contribution in [2.45, 2.75) is 12.8 Å². The summed E-state index contributed by atoms with van der Waals surface area (Å²) in [5.74, 6) is -0.0996. The molecule has 0 radical (unpaired) electrons. The lowest BCUT2D eigenvalue weighted by Gasteiger charge is -2.11. The van der Waals surface area contributed by atoms with Gasteiger partial charge in [0.1, 0.15) is 0 Å². The Morgan fingerprint density at radius 3 is 2.27 bits per heavy atom. The Morgan fingerprint density at radius 1 is 1.04 bits per heavy atom. The second-order valence-electron chi connectivity index (χ2n) is 6.53. The van der Waals surface area contributed by atoms with Crippen molar-refractivity contribution in [2.24, 2.45) is 11.0 Å². The highest BCUT2D eigenvalue weighted by Crippen LogP contribution is 2.30. The van der Waals surface area contributed by atoms with Gasteiger partial charge in [0.05, 0.1) is 6.21 Å². The van der Waals surface area contributed by atoms with Crippen molar-refractivity contribution in [2.75, 3.05) is 24.3 Å². The Kier molecular flexibility index (Phi) is 5.31. The van der Waals surface area contributed by atoms with E-state index in [4.69, 9.17) is 0 Å². The second kappa shape index (κ2) is 7.82. The van der Waals surface area contributed by atoms with Crippen LogP contribution < -0.4 is 15.6 Å². The van der Waals surface area contributed by atoms with Gasteiger partial charge in [-0.2, -0.15) is 5.10 Å². The molecule has 1 fully saturated rings. The number of nitrogens with zero attached hydrogens (tertiary/aromatic N) is 2. The zero-order valence-corrected chi connectivity index (χ0v) is 14.9. The van der Waals surface area contributed by atoms with Gasteiger partial charge in [-0.15, -0.1) is 0 Å². The van der Waals surface area contributed by atoms with Crippen LogP contribution in [0.2, 0.25) is 0 Å². The molecule has 1 saturated carbocycles. The van der Waals surface area contributed by atoms with Gasteiger partial charge < -0.3 is 10.2 Å². The molecule has 0 unspecified atom stereocenters. The number of amides is 2. The topological polar surface area (TPSA) is 73.8 Å². The summed E-state index contributed by atoms with van der Waals surface area (Å²) in [7, 11) is 3.96. The zero-order valence-electron chi connectivity index (χ0n) is 14.9. The van der Waals surface area contributed by atoms with Gasteiger partial charge in [0, 0.05) is 37.0 Å². The lowest BCUT2D eigenvalue weighted by atomic mass is 10.2. The minimum atomic E-state index is -0.300. The van der Waals surface area contributed by atoms with Crippen molar-refractivity contribution in [1.82, 2.24) is 5.43 Å². The average molecular weight is 350 g/mol. The number of anilines is 2. The fourth-order valence-electron chi connectivity index (χ4n) is 2.38. The van der Waals surface area contributed by atoms with E-state index in [0.29, 0.717) is 11.3 Å². The van der Waals surface area contributed by atoms with E-state index in [-0.39, 0.29) is 17.7 Å². The third-order valence-electron chi connectivity index (χ3n) is 4.15. The molecule has 0 atom stereocenters. The Balaban J connectivity index is 1.53. The van der Waals surface area contributed by atoms with Crippen molar-refractivity contribution >= 4 is 29.4 Å². The highest BCUT2D eigenvalue weighted by Gasteiger charge is 2.29. The molecular formula is C20H22N4O2. The van der Waals surface area contributed by atoms with Gasteiger partial charge in [-0.1, -0.05) is 12.1 Å². The maximum Gasteiger partial charge on any atom is 0.271 e. The molecular weight excluding hydrogens is 328 g/mol. The first kappa shape index (κ1) is 17.7. The predicted octanol–water partition coefficient (Wildman–Crippen LogP) is 2.87. The molecule has 1 aliphatic carbocycles. The molecule has 6 heteroatoms. The lowest BCUT2D eigenvalue weighted by molar-refractivity contribution is -0.117. The van der Waals surface area contributed by atoms with E-state index in [2.05, 4.69) is 15.8 Å². The van der Waals surface area contributed by atoms with Gasteiger partial charge >= 0.3 is 0 Å². The van der Waals surface area contributed by atoms with E-state index in [0.717, 1.165) is 24.1 Å². The first-order valence-electron chi connectivity index (χ1n) is 8.54. The molecule has 3 rings (SSSR count). The average Bonchev–Trinajstić information content (AvgIpc) is 3.48. The molecule has 6 nitrogen and oxygen atoms in total. The number of hydrogen-bond donors (Lipinski definition) is 2. The molecule has 134 valence electrons. The third kappa shape index (κ3) is 4.69. The molecule has 2 aromatic rings. The van der Waals surface area contributed by atoms with Crippen LogP contribution in [0.25, 0.3) is 0 Å². The van der Waals surface area contributed by atoms with Crippen LogP contribution in [0.1, 0.15) is 28.8 Å². The quantitative estimate of drug-likeness (QED) is 0.621. The fraction of sp³-hybridized carbons (Fsp3) is 0.250. The van der Waals surface area contributed by atoms with Gasteiger partial charge in [-0.3, -0.25) is 9.59 Å². The smallest absolute Gasteiger partial charge is 0.271 e. The summed E-state index contributed by atoms with van der Waals surface area (Å²) in [6, 6.07) is 14.6. The molecule has 2 amide bonds. The molecule has 0 spiro atoms. The molecule has 0 bridgehead atoms. The van der Waals surface area contributed by atoms with Crippen LogP contribution >= 0.6 is 0 Å². The predicted molar refractivity (Wildman–Crippen MR) is 104 cm³/mol. The van der Waals surface area contributed by atoms with Gasteiger partial charge in [0.2, 0.25) is 5.91 Å². The molecule has 2 N–H and O–H groups in total. The Labute approximate surface area is 152 Å². The minimum absolute atomic E-state index is 0.0482. The number of hydrogen-bond acceptors (Lipinski definition) is 4. The Bertz CT molecular complexity index is 807. The Hall–Kier alpha value is -3.15. The summed E-state index contributed by atoms with van der Waals surface area (Å²) < 4.78 is 0. The van der Waals surface area contributed by atoms with E-state index >= 15 is 0 Å². The summed E-state index contributed by atoms with van der Waals surface area (Å²) in [6.45, 7) is 0. The monoisotopic (exact) mass is 350 g/mol. The summed E-state index contributed by atoms with van der Waals surface area (Å²) in [4.78, 5) is 25.8. The van der Waals surface area contributed by atoms with Crippen LogP contribution in [-0.2, 0) is 4.79 Å². The summed E-state index contributed by atoms with van der Waals surface area (Å²) in [5.41, 5.74) is 5.68. The number of nitrogens with one attached hydrogen (secondary N) is 2. The standard InChI is InChI=1S/C20H22N4O2/c1-24(2)18-11-3-14(4-12-18)13-21-23-20(26)16-7-9-17(10-8-16)22-19(25)15-5-6-15/h3-4,7-13,15H,5-6H2,1-2H3,(H,22,25)(H,23,26)/b21-13+. The third-order valence-corrected chi connectivity index (χ3v) is 4.15. The van der Waals surface area contributed by atoms with Crippen LogP contribution in [0.5, 0.6) is 0 Å². The van der Waals surface area contributed by atoms with Crippen molar-refractivity contribution in [3.8, 4) is 0 Å². The van der Waals surface area contributed by atoms with Gasteiger partial charge in [-0.05, 0) is 54.8 Å². The molecule has 0 aliphatic heterocycles. The van der Waals surface area contributed by atoms with Gasteiger partial charge in [0.25, 0.3) is 5.91 Å². The minimum Gasteiger partial charge on any atom is -0.378 e. The largest absolute Gasteiger partial charge is 0.378 e. The van der Waals surface area contributed by atoms with Gasteiger partial charge in [-0.25, -0.2) is 5.43 Å². The van der Waals surface area contributed by atoms with E-state index in [1.54, 1.807) is 30.5 Å². The molecule has 26 heavy (non-hydrogen) atoms. The van der Waals surface area contributed by atoms with E-state index in [9.17, 15) is 9.59 Å². The normalized spacial score (nSPS) is 13.5. The van der Waals surface area contributed by atoms with Crippen LogP contribution in [0.3, 0.4) is 0 Å². The first-order valence-corrected chi connectivity index (χ1v) is 8.54. The van der Waals surface area contributed by atoms with Crippen molar-refractivity contribution in [1.29, 1.82) is 0 Å². The summed E-state index contributed by atoms with van der Waals surface area (Å²) in [5, 5.41) is 6.83. The number of carbonyl (C=O) groups is 2. The highest BCUT2D eigenvalue weighted by molar-refractivity contribution is 5.97. The van der Waals surface area contributed by atoms with Crippen molar-refractivity contribution in [3.63, 3.8) is 0 Å². The fourth-order valence-corrected chi connectivity index (χ4v) is 2.38. The number of benzene rings is 2. The van der Waals surface area contributed by atoms with E-state index in [1.807, 2.05) is 43.3 Å². The van der Waals surface area contributed by atoms with Crippen molar-refractivity contribution < 1.29 is 9.59 Å². The number of carbonyl (C=O) groups excluding carboxylic acids is 2. The van der Waals surface area contributed by atoms with Crippen LogP contribution in [0.4, 0.5) is 11.4 Å². The van der Waals surface area contributed by atoms with E-state index < -0.39 is 0 Å². The first-order chi connectivity index (χ1) is 12.5. The maximum atomic E-state index is 12.1. The highest BCUT2D eigenvalue weighted by atomic mass is 16.2. The number of rotatable bonds is 6.